The minimum absolute atomic E-state index is 0.236. The first-order chi connectivity index (χ1) is 16.3. The van der Waals surface area contributed by atoms with Crippen LogP contribution in [0.3, 0.4) is 0 Å². The van der Waals surface area contributed by atoms with Gasteiger partial charge in [0.25, 0.3) is 5.56 Å². The van der Waals surface area contributed by atoms with Crippen molar-refractivity contribution in [1.82, 2.24) is 24.9 Å². The van der Waals surface area contributed by atoms with Gasteiger partial charge in [0.05, 0.1) is 22.5 Å². The summed E-state index contributed by atoms with van der Waals surface area (Å²) in [6.45, 7) is 5.94. The average Bonchev–Trinajstić information content (AvgIpc) is 3.20. The summed E-state index contributed by atoms with van der Waals surface area (Å²) in [5.41, 5.74) is 4.52. The lowest BCUT2D eigenvalue weighted by molar-refractivity contribution is -0.125. The number of nitrogens with zero attached hydrogens (tertiary/aromatic N) is 5. The van der Waals surface area contributed by atoms with Crippen LogP contribution in [0.5, 0.6) is 0 Å². The maximum Gasteiger partial charge on any atom is 0.278 e. The van der Waals surface area contributed by atoms with E-state index in [1.165, 1.54) is 4.68 Å². The second-order valence-electron chi connectivity index (χ2n) is 8.59. The van der Waals surface area contributed by atoms with Crippen molar-refractivity contribution in [3.63, 3.8) is 0 Å². The van der Waals surface area contributed by atoms with Gasteiger partial charge in [0, 0.05) is 26.3 Å². The molecule has 4 aromatic rings. The molecular formula is C26H30N6O2. The second kappa shape index (κ2) is 9.51. The van der Waals surface area contributed by atoms with Crippen molar-refractivity contribution in [2.75, 3.05) is 19.0 Å². The van der Waals surface area contributed by atoms with Crippen molar-refractivity contribution in [3.05, 3.63) is 81.9 Å². The fourth-order valence-electron chi connectivity index (χ4n) is 4.10. The van der Waals surface area contributed by atoms with Crippen LogP contribution in [-0.2, 0) is 11.3 Å². The topological polar surface area (TPSA) is 85.1 Å². The number of carbonyl (C=O) groups is 1. The van der Waals surface area contributed by atoms with Gasteiger partial charge in [-0.25, -0.2) is 9.36 Å². The quantitative estimate of drug-likeness (QED) is 0.458. The number of rotatable bonds is 7. The van der Waals surface area contributed by atoms with E-state index in [-0.39, 0.29) is 11.5 Å². The van der Waals surface area contributed by atoms with Gasteiger partial charge in [0.2, 0.25) is 5.91 Å². The molecule has 176 valence electrons. The zero-order chi connectivity index (χ0) is 24.4. The number of anilines is 1. The molecule has 0 bridgehead atoms. The first-order valence-corrected chi connectivity index (χ1v) is 11.4. The Hall–Kier alpha value is -3.94. The molecule has 1 amide bonds. The van der Waals surface area contributed by atoms with E-state index < -0.39 is 6.04 Å². The van der Waals surface area contributed by atoms with E-state index >= 15 is 0 Å². The molecule has 1 atom stereocenters. The molecule has 0 saturated heterocycles. The molecule has 8 nitrogen and oxygen atoms in total. The Kier molecular flexibility index (Phi) is 6.49. The van der Waals surface area contributed by atoms with Crippen molar-refractivity contribution < 1.29 is 4.79 Å². The highest BCUT2D eigenvalue weighted by molar-refractivity contribution is 5.84. The van der Waals surface area contributed by atoms with Crippen LogP contribution >= 0.6 is 0 Å². The van der Waals surface area contributed by atoms with E-state index in [4.69, 9.17) is 0 Å². The van der Waals surface area contributed by atoms with E-state index in [1.54, 1.807) is 4.68 Å². The SMILES string of the molecule is CC[C@H](C(=O)NCc1ccc(N(C)C)cc1)n1nc(C)c2nn(-c3ccccc3)c(C)c2c1=O. The monoisotopic (exact) mass is 458 g/mol. The third-order valence-electron chi connectivity index (χ3n) is 6.04. The molecule has 0 unspecified atom stereocenters. The number of fused-ring (bicyclic) bond motifs is 1. The normalized spacial score (nSPS) is 12.0. The first kappa shape index (κ1) is 23.2. The minimum atomic E-state index is -0.712. The van der Waals surface area contributed by atoms with Crippen LogP contribution in [0.15, 0.2) is 59.4 Å². The second-order valence-corrected chi connectivity index (χ2v) is 8.59. The molecule has 2 aromatic carbocycles. The lowest BCUT2D eigenvalue weighted by Gasteiger charge is -2.18. The summed E-state index contributed by atoms with van der Waals surface area (Å²) in [6.07, 6.45) is 0.440. The van der Waals surface area contributed by atoms with E-state index in [0.717, 1.165) is 22.6 Å². The van der Waals surface area contributed by atoms with Gasteiger partial charge in [-0.05, 0) is 50.1 Å². The molecular weight excluding hydrogens is 428 g/mol. The van der Waals surface area contributed by atoms with Gasteiger partial charge in [-0.3, -0.25) is 9.59 Å². The van der Waals surface area contributed by atoms with E-state index in [2.05, 4.69) is 15.5 Å². The van der Waals surface area contributed by atoms with Crippen LogP contribution in [0.25, 0.3) is 16.6 Å². The Bertz CT molecular complexity index is 1370. The Balaban J connectivity index is 1.64. The van der Waals surface area contributed by atoms with Crippen LogP contribution in [0.4, 0.5) is 5.69 Å². The molecule has 0 fully saturated rings. The maximum absolute atomic E-state index is 13.5. The lowest BCUT2D eigenvalue weighted by Crippen LogP contribution is -2.38. The van der Waals surface area contributed by atoms with Gasteiger partial charge in [-0.2, -0.15) is 10.2 Å². The largest absolute Gasteiger partial charge is 0.378 e. The zero-order valence-electron chi connectivity index (χ0n) is 20.2. The Morgan fingerprint density at radius 3 is 2.32 bits per heavy atom. The molecule has 2 heterocycles. The van der Waals surface area contributed by atoms with Crippen molar-refractivity contribution in [2.24, 2.45) is 0 Å². The summed E-state index contributed by atoms with van der Waals surface area (Å²) in [5.74, 6) is -0.236. The fourth-order valence-corrected chi connectivity index (χ4v) is 4.10. The number of carbonyl (C=O) groups excluding carboxylic acids is 1. The number of nitrogens with one attached hydrogen (secondary N) is 1. The summed E-state index contributed by atoms with van der Waals surface area (Å²) in [4.78, 5) is 28.6. The fraction of sp³-hybridized carbons (Fsp3) is 0.308. The molecule has 1 N–H and O–H groups in total. The number of hydrogen-bond donors (Lipinski definition) is 1. The van der Waals surface area contributed by atoms with E-state index in [1.807, 2.05) is 94.4 Å². The Morgan fingerprint density at radius 1 is 1.03 bits per heavy atom. The predicted molar refractivity (Wildman–Crippen MR) is 135 cm³/mol. The third-order valence-corrected chi connectivity index (χ3v) is 6.04. The molecule has 0 aliphatic rings. The van der Waals surface area contributed by atoms with Gasteiger partial charge >= 0.3 is 0 Å². The minimum Gasteiger partial charge on any atom is -0.378 e. The van der Waals surface area contributed by atoms with Crippen molar-refractivity contribution in [3.8, 4) is 5.69 Å². The number of aryl methyl sites for hydroxylation is 2. The molecule has 0 aliphatic heterocycles. The van der Waals surface area contributed by atoms with Crippen LogP contribution in [0, 0.1) is 13.8 Å². The summed E-state index contributed by atoms with van der Waals surface area (Å²) >= 11 is 0. The van der Waals surface area contributed by atoms with Gasteiger partial charge in [-0.1, -0.05) is 37.3 Å². The standard InChI is InChI=1S/C26H30N6O2/c1-6-22(25(33)27-16-19-12-14-20(15-13-19)30(4)5)32-26(34)23-18(3)31(21-10-8-7-9-11-21)29-24(23)17(2)28-32/h7-15,22H,6,16H2,1-5H3,(H,27,33)/t22-/m1/s1. The van der Waals surface area contributed by atoms with Crippen molar-refractivity contribution >= 4 is 22.5 Å². The number of hydrogen-bond acceptors (Lipinski definition) is 5. The number of amides is 1. The van der Waals surface area contributed by atoms with Gasteiger partial charge in [0.15, 0.2) is 0 Å². The van der Waals surface area contributed by atoms with Crippen LogP contribution in [-0.4, -0.2) is 39.6 Å². The smallest absolute Gasteiger partial charge is 0.278 e. The summed E-state index contributed by atoms with van der Waals surface area (Å²) < 4.78 is 3.07. The summed E-state index contributed by atoms with van der Waals surface area (Å²) in [7, 11) is 3.97. The summed E-state index contributed by atoms with van der Waals surface area (Å²) in [6, 6.07) is 16.9. The van der Waals surface area contributed by atoms with E-state index in [9.17, 15) is 9.59 Å². The van der Waals surface area contributed by atoms with Crippen molar-refractivity contribution in [1.29, 1.82) is 0 Å². The highest BCUT2D eigenvalue weighted by atomic mass is 16.2. The third kappa shape index (κ3) is 4.31. The number of benzene rings is 2. The van der Waals surface area contributed by atoms with Gasteiger partial charge in [0.1, 0.15) is 11.6 Å². The Labute approximate surface area is 198 Å². The zero-order valence-corrected chi connectivity index (χ0v) is 20.2. The molecule has 34 heavy (non-hydrogen) atoms. The number of aromatic nitrogens is 4. The molecule has 0 radical (unpaired) electrons. The predicted octanol–water partition coefficient (Wildman–Crippen LogP) is 3.53. The van der Waals surface area contributed by atoms with Gasteiger partial charge in [-0.15, -0.1) is 0 Å². The molecule has 4 rings (SSSR count). The number of para-hydroxylation sites is 1. The molecule has 0 aliphatic carbocycles. The van der Waals surface area contributed by atoms with Crippen molar-refractivity contribution in [2.45, 2.75) is 39.8 Å². The molecule has 8 heteroatoms. The maximum atomic E-state index is 13.5. The average molecular weight is 459 g/mol. The first-order valence-electron chi connectivity index (χ1n) is 11.4. The lowest BCUT2D eigenvalue weighted by atomic mass is 10.1. The van der Waals surface area contributed by atoms with Gasteiger partial charge < -0.3 is 10.2 Å². The van der Waals surface area contributed by atoms with Crippen LogP contribution in [0.2, 0.25) is 0 Å². The molecule has 2 aromatic heterocycles. The Morgan fingerprint density at radius 2 is 1.71 bits per heavy atom. The van der Waals surface area contributed by atoms with Crippen LogP contribution in [0.1, 0.15) is 36.3 Å². The molecule has 0 spiro atoms. The highest BCUT2D eigenvalue weighted by Gasteiger charge is 2.25. The summed E-state index contributed by atoms with van der Waals surface area (Å²) in [5, 5.41) is 12.6. The highest BCUT2D eigenvalue weighted by Crippen LogP contribution is 2.21. The van der Waals surface area contributed by atoms with E-state index in [0.29, 0.717) is 29.6 Å². The van der Waals surface area contributed by atoms with Crippen LogP contribution < -0.4 is 15.8 Å². The molecule has 0 saturated carbocycles.